The lowest BCUT2D eigenvalue weighted by Crippen LogP contribution is -2.58. The molecule has 0 bridgehead atoms. The van der Waals surface area contributed by atoms with Gasteiger partial charge in [0.1, 0.15) is 17.9 Å². The highest BCUT2D eigenvalue weighted by Crippen LogP contribution is 2.24. The molecule has 1 amide bonds. The summed E-state index contributed by atoms with van der Waals surface area (Å²) in [5, 5.41) is 2.94. The van der Waals surface area contributed by atoms with E-state index in [1.807, 2.05) is 42.2 Å². The molecule has 0 saturated carbocycles. The van der Waals surface area contributed by atoms with Crippen molar-refractivity contribution in [2.24, 2.45) is 0 Å². The Morgan fingerprint density at radius 2 is 1.95 bits per heavy atom. The van der Waals surface area contributed by atoms with Crippen LogP contribution >= 0.6 is 0 Å². The van der Waals surface area contributed by atoms with Crippen LogP contribution in [-0.4, -0.2) is 95.9 Å². The number of rotatable bonds is 10. The normalized spacial score (nSPS) is 16.6. The molecule has 1 saturated heterocycles. The Hall–Kier alpha value is -3.55. The standard InChI is InChI=1S/C25H34N8O4S/c1-19-15-23(29-25(28-19)32-12-11-26-18-32)31-13-14-33(38(35,36)30(2)3)21(17-31)16-24(34)27-10-9-20-5-7-22(37-4)8-6-20/h5-8,11-12,15,18,21H,9-10,13-14,16-17H2,1-4H3,(H,27,34). The van der Waals surface area contributed by atoms with Gasteiger partial charge in [0.15, 0.2) is 0 Å². The lowest BCUT2D eigenvalue weighted by atomic mass is 10.1. The van der Waals surface area contributed by atoms with Gasteiger partial charge >= 0.3 is 0 Å². The number of nitrogens with zero attached hydrogens (tertiary/aromatic N) is 7. The van der Waals surface area contributed by atoms with Crippen molar-refractivity contribution in [1.82, 2.24) is 33.4 Å². The van der Waals surface area contributed by atoms with Gasteiger partial charge in [0.25, 0.3) is 10.2 Å². The van der Waals surface area contributed by atoms with Crippen molar-refractivity contribution in [3.63, 3.8) is 0 Å². The molecule has 0 radical (unpaired) electrons. The molecule has 1 aliphatic rings. The summed E-state index contributed by atoms with van der Waals surface area (Å²) in [5.41, 5.74) is 1.84. The van der Waals surface area contributed by atoms with Crippen LogP contribution in [0, 0.1) is 6.92 Å². The molecular formula is C25H34N8O4S. The number of ether oxygens (including phenoxy) is 1. The minimum atomic E-state index is -3.72. The zero-order valence-electron chi connectivity index (χ0n) is 22.1. The number of piperazine rings is 1. The fourth-order valence-electron chi connectivity index (χ4n) is 4.34. The molecule has 0 aliphatic carbocycles. The Bertz CT molecular complexity index is 1330. The average molecular weight is 543 g/mol. The van der Waals surface area contributed by atoms with Gasteiger partial charge in [0.05, 0.1) is 13.2 Å². The minimum Gasteiger partial charge on any atom is -0.497 e. The Balaban J connectivity index is 1.47. The van der Waals surface area contributed by atoms with E-state index in [2.05, 4.69) is 20.3 Å². The van der Waals surface area contributed by atoms with Crippen molar-refractivity contribution in [3.05, 3.63) is 60.3 Å². The summed E-state index contributed by atoms with van der Waals surface area (Å²) >= 11 is 0. The Morgan fingerprint density at radius 1 is 1.18 bits per heavy atom. The first-order chi connectivity index (χ1) is 18.2. The van der Waals surface area contributed by atoms with Crippen molar-refractivity contribution in [2.75, 3.05) is 52.3 Å². The van der Waals surface area contributed by atoms with Gasteiger partial charge in [0, 0.05) is 70.8 Å². The van der Waals surface area contributed by atoms with Crippen molar-refractivity contribution < 1.29 is 17.9 Å². The number of imidazole rings is 1. The zero-order valence-corrected chi connectivity index (χ0v) is 22.9. The molecule has 38 heavy (non-hydrogen) atoms. The van der Waals surface area contributed by atoms with Crippen LogP contribution in [0.1, 0.15) is 17.7 Å². The number of carbonyl (C=O) groups is 1. The van der Waals surface area contributed by atoms with E-state index in [1.165, 1.54) is 22.7 Å². The summed E-state index contributed by atoms with van der Waals surface area (Å²) in [6, 6.07) is 8.97. The first-order valence-corrected chi connectivity index (χ1v) is 13.7. The van der Waals surface area contributed by atoms with Gasteiger partial charge in [-0.25, -0.2) is 9.97 Å². The van der Waals surface area contributed by atoms with Crippen LogP contribution in [0.5, 0.6) is 5.75 Å². The maximum absolute atomic E-state index is 13.1. The highest BCUT2D eigenvalue weighted by Gasteiger charge is 2.38. The molecule has 4 rings (SSSR count). The number of nitrogens with one attached hydrogen (secondary N) is 1. The van der Waals surface area contributed by atoms with Gasteiger partial charge in [-0.05, 0) is 31.0 Å². The summed E-state index contributed by atoms with van der Waals surface area (Å²) in [6.07, 6.45) is 5.73. The third-order valence-corrected chi connectivity index (χ3v) is 8.39. The predicted octanol–water partition coefficient (Wildman–Crippen LogP) is 1.03. The second kappa shape index (κ2) is 11.9. The molecule has 204 valence electrons. The Labute approximate surface area is 223 Å². The molecule has 1 N–H and O–H groups in total. The summed E-state index contributed by atoms with van der Waals surface area (Å²) in [5.74, 6) is 1.72. The van der Waals surface area contributed by atoms with E-state index in [-0.39, 0.29) is 18.9 Å². The average Bonchev–Trinajstić information content (AvgIpc) is 3.44. The molecule has 1 aromatic carbocycles. The number of amides is 1. The number of aromatic nitrogens is 4. The largest absolute Gasteiger partial charge is 0.497 e. The third kappa shape index (κ3) is 6.47. The van der Waals surface area contributed by atoms with Gasteiger partial charge in [0.2, 0.25) is 11.9 Å². The first-order valence-electron chi connectivity index (χ1n) is 12.3. The molecule has 1 unspecified atom stereocenters. The predicted molar refractivity (Wildman–Crippen MR) is 144 cm³/mol. The van der Waals surface area contributed by atoms with Crippen LogP contribution in [0.4, 0.5) is 5.82 Å². The number of hydrogen-bond acceptors (Lipinski definition) is 8. The van der Waals surface area contributed by atoms with Crippen LogP contribution in [0.25, 0.3) is 5.95 Å². The van der Waals surface area contributed by atoms with Crippen molar-refractivity contribution in [2.45, 2.75) is 25.8 Å². The lowest BCUT2D eigenvalue weighted by molar-refractivity contribution is -0.121. The fourth-order valence-corrected chi connectivity index (χ4v) is 5.59. The minimum absolute atomic E-state index is 0.0324. The SMILES string of the molecule is COc1ccc(CCNC(=O)CC2CN(c3cc(C)nc(-n4ccnc4)n3)CCN2S(=O)(=O)N(C)C)cc1. The van der Waals surface area contributed by atoms with E-state index in [1.54, 1.807) is 30.4 Å². The van der Waals surface area contributed by atoms with E-state index in [0.29, 0.717) is 37.8 Å². The molecule has 13 heteroatoms. The molecule has 3 heterocycles. The van der Waals surface area contributed by atoms with E-state index in [9.17, 15) is 13.2 Å². The lowest BCUT2D eigenvalue weighted by Gasteiger charge is -2.41. The fraction of sp³-hybridized carbons (Fsp3) is 0.440. The number of benzene rings is 1. The van der Waals surface area contributed by atoms with Gasteiger partial charge in [-0.3, -0.25) is 9.36 Å². The van der Waals surface area contributed by atoms with Crippen LogP contribution in [0.3, 0.4) is 0 Å². The quantitative estimate of drug-likeness (QED) is 0.403. The second-order valence-electron chi connectivity index (χ2n) is 9.29. The molecule has 1 aliphatic heterocycles. The summed E-state index contributed by atoms with van der Waals surface area (Å²) in [4.78, 5) is 28.2. The monoisotopic (exact) mass is 542 g/mol. The first kappa shape index (κ1) is 27.5. The molecule has 2 aromatic heterocycles. The van der Waals surface area contributed by atoms with Crippen molar-refractivity contribution in [1.29, 1.82) is 0 Å². The maximum Gasteiger partial charge on any atom is 0.281 e. The van der Waals surface area contributed by atoms with Crippen LogP contribution in [0.2, 0.25) is 0 Å². The number of anilines is 1. The molecule has 1 fully saturated rings. The van der Waals surface area contributed by atoms with Crippen molar-refractivity contribution in [3.8, 4) is 11.7 Å². The van der Waals surface area contributed by atoms with Crippen LogP contribution < -0.4 is 15.0 Å². The number of carbonyl (C=O) groups excluding carboxylic acids is 1. The summed E-state index contributed by atoms with van der Waals surface area (Å²) in [7, 11) is 0.896. The van der Waals surface area contributed by atoms with E-state index in [4.69, 9.17) is 4.74 Å². The molecular weight excluding hydrogens is 508 g/mol. The summed E-state index contributed by atoms with van der Waals surface area (Å²) in [6.45, 7) is 3.31. The van der Waals surface area contributed by atoms with Gasteiger partial charge < -0.3 is 15.0 Å². The molecule has 3 aromatic rings. The van der Waals surface area contributed by atoms with Gasteiger partial charge in [-0.15, -0.1) is 0 Å². The molecule has 12 nitrogen and oxygen atoms in total. The van der Waals surface area contributed by atoms with Gasteiger partial charge in [-0.2, -0.15) is 22.0 Å². The number of aryl methyl sites for hydroxylation is 1. The van der Waals surface area contributed by atoms with Gasteiger partial charge in [-0.1, -0.05) is 12.1 Å². The third-order valence-electron chi connectivity index (χ3n) is 6.39. The van der Waals surface area contributed by atoms with E-state index >= 15 is 0 Å². The number of methoxy groups -OCH3 is 1. The second-order valence-corrected chi connectivity index (χ2v) is 11.4. The van der Waals surface area contributed by atoms with Crippen LogP contribution in [-0.2, 0) is 21.4 Å². The Morgan fingerprint density at radius 3 is 2.61 bits per heavy atom. The smallest absolute Gasteiger partial charge is 0.281 e. The highest BCUT2D eigenvalue weighted by molar-refractivity contribution is 7.86. The van der Waals surface area contributed by atoms with E-state index in [0.717, 1.165) is 17.0 Å². The van der Waals surface area contributed by atoms with Crippen molar-refractivity contribution >= 4 is 21.9 Å². The highest BCUT2D eigenvalue weighted by atomic mass is 32.2. The molecule has 1 atom stereocenters. The Kier molecular flexibility index (Phi) is 8.59. The zero-order chi connectivity index (χ0) is 27.3. The van der Waals surface area contributed by atoms with Crippen LogP contribution in [0.15, 0.2) is 49.1 Å². The van der Waals surface area contributed by atoms with E-state index < -0.39 is 16.3 Å². The number of hydrogen-bond donors (Lipinski definition) is 1. The molecule has 0 spiro atoms. The summed E-state index contributed by atoms with van der Waals surface area (Å²) < 4.78 is 35.7. The maximum atomic E-state index is 13.1. The topological polar surface area (TPSA) is 126 Å².